The molecule has 0 fully saturated rings. The van der Waals surface area contributed by atoms with E-state index in [0.29, 0.717) is 33.6 Å². The number of methoxy groups -OCH3 is 1. The number of non-ortho nitro benzene ring substituents is 1. The number of nitrogens with zero attached hydrogens (tertiary/aromatic N) is 2. The molecule has 10 heteroatoms. The van der Waals surface area contributed by atoms with Crippen LogP contribution >= 0.6 is 0 Å². The van der Waals surface area contributed by atoms with E-state index >= 15 is 0 Å². The van der Waals surface area contributed by atoms with Crippen LogP contribution in [0, 0.1) is 10.1 Å². The van der Waals surface area contributed by atoms with E-state index in [0.717, 1.165) is 0 Å². The summed E-state index contributed by atoms with van der Waals surface area (Å²) >= 11 is 0. The summed E-state index contributed by atoms with van der Waals surface area (Å²) in [5.74, 6) is -0.416. The summed E-state index contributed by atoms with van der Waals surface area (Å²) in [6.45, 7) is 0. The van der Waals surface area contributed by atoms with Crippen LogP contribution in [-0.4, -0.2) is 30.1 Å². The smallest absolute Gasteiger partial charge is 0.338 e. The number of hydrogen-bond donors (Lipinski definition) is 1. The van der Waals surface area contributed by atoms with E-state index < -0.39 is 16.8 Å². The number of rotatable bonds is 6. The molecule has 0 aliphatic carbocycles. The molecular weight excluding hydrogens is 418 g/mol. The molecule has 0 saturated carbocycles. The van der Waals surface area contributed by atoms with Gasteiger partial charge in [0.1, 0.15) is 17.1 Å². The largest absolute Gasteiger partial charge is 0.465 e. The Balaban J connectivity index is 1.47. The van der Waals surface area contributed by atoms with Crippen LogP contribution in [0.4, 0.5) is 5.69 Å². The third kappa shape index (κ3) is 4.10. The van der Waals surface area contributed by atoms with Gasteiger partial charge in [-0.3, -0.25) is 14.9 Å². The zero-order chi connectivity index (χ0) is 22.7. The highest BCUT2D eigenvalue weighted by Gasteiger charge is 2.16. The summed E-state index contributed by atoms with van der Waals surface area (Å²) in [4.78, 5) is 34.5. The molecule has 1 amide bonds. The molecule has 4 rings (SSSR count). The molecule has 2 aromatic carbocycles. The van der Waals surface area contributed by atoms with Gasteiger partial charge >= 0.3 is 11.9 Å². The lowest BCUT2D eigenvalue weighted by Gasteiger charge is -2.04. The Labute approximate surface area is 180 Å². The molecule has 1 N–H and O–H groups in total. The van der Waals surface area contributed by atoms with Gasteiger partial charge in [0.25, 0.3) is 5.69 Å². The second-order valence-electron chi connectivity index (χ2n) is 6.53. The Bertz CT molecular complexity index is 1370. The number of amides is 1. The lowest BCUT2D eigenvalue weighted by atomic mass is 10.1. The average Bonchev–Trinajstić information content (AvgIpc) is 3.45. The van der Waals surface area contributed by atoms with Crippen LogP contribution in [-0.2, 0) is 4.74 Å². The lowest BCUT2D eigenvalue weighted by Crippen LogP contribution is -2.16. The predicted molar refractivity (Wildman–Crippen MR) is 113 cm³/mol. The number of fused-ring (bicyclic) bond motifs is 1. The Kier molecular flexibility index (Phi) is 5.49. The van der Waals surface area contributed by atoms with E-state index in [4.69, 9.17) is 13.6 Å². The van der Waals surface area contributed by atoms with Gasteiger partial charge in [-0.15, -0.1) is 0 Å². The predicted octanol–water partition coefficient (Wildman–Crippen LogP) is 4.15. The summed E-state index contributed by atoms with van der Waals surface area (Å²) in [5, 5.41) is 15.1. The maximum Gasteiger partial charge on any atom is 0.338 e. The molecule has 0 radical (unpaired) electrons. The summed E-state index contributed by atoms with van der Waals surface area (Å²) in [6.07, 6.45) is 1.29. The minimum atomic E-state index is -0.636. The van der Waals surface area contributed by atoms with Gasteiger partial charge in [0.2, 0.25) is 0 Å². The number of nitro groups is 1. The Hall–Kier alpha value is -4.73. The maximum atomic E-state index is 12.3. The van der Waals surface area contributed by atoms with Gasteiger partial charge in [0.15, 0.2) is 5.76 Å². The number of hydrazone groups is 1. The van der Waals surface area contributed by atoms with Gasteiger partial charge in [0.05, 0.1) is 23.8 Å². The summed E-state index contributed by atoms with van der Waals surface area (Å²) in [5.41, 5.74) is 3.44. The van der Waals surface area contributed by atoms with Crippen molar-refractivity contribution in [2.24, 2.45) is 5.10 Å². The molecular formula is C22H15N3O7. The number of nitrogens with one attached hydrogen (secondary N) is 1. The zero-order valence-corrected chi connectivity index (χ0v) is 16.6. The van der Waals surface area contributed by atoms with Crippen LogP contribution in [0.25, 0.3) is 22.3 Å². The van der Waals surface area contributed by atoms with Gasteiger partial charge in [-0.1, -0.05) is 18.2 Å². The van der Waals surface area contributed by atoms with E-state index in [-0.39, 0.29) is 11.4 Å². The molecule has 0 bridgehead atoms. The number of ether oxygens (including phenoxy) is 1. The summed E-state index contributed by atoms with van der Waals surface area (Å²) in [6, 6.07) is 15.5. The van der Waals surface area contributed by atoms with Crippen molar-refractivity contribution in [3.8, 4) is 11.3 Å². The highest BCUT2D eigenvalue weighted by molar-refractivity contribution is 5.97. The minimum absolute atomic E-state index is 0.0511. The van der Waals surface area contributed by atoms with Crippen molar-refractivity contribution in [1.29, 1.82) is 0 Å². The zero-order valence-electron chi connectivity index (χ0n) is 16.6. The number of carbonyl (C=O) groups excluding carboxylic acids is 2. The van der Waals surface area contributed by atoms with E-state index in [1.807, 2.05) is 0 Å². The van der Waals surface area contributed by atoms with Gasteiger partial charge in [-0.2, -0.15) is 5.10 Å². The number of hydrogen-bond acceptors (Lipinski definition) is 8. The van der Waals surface area contributed by atoms with E-state index in [1.54, 1.807) is 36.4 Å². The number of nitro benzene ring substituents is 1. The van der Waals surface area contributed by atoms with Crippen LogP contribution in [0.1, 0.15) is 26.7 Å². The standard InChI is InChI=1S/C22H15N3O7/c1-30-22(27)17-5-3-2-4-16(17)19-9-7-15(31-19)12-23-24-21(26)20-11-13-10-14(25(28)29)6-8-18(13)32-20/h2-12H,1H3,(H,24,26)/b23-12-. The number of benzene rings is 2. The van der Waals surface area contributed by atoms with Crippen LogP contribution in [0.15, 0.2) is 74.6 Å². The first kappa shape index (κ1) is 20.5. The molecule has 10 nitrogen and oxygen atoms in total. The van der Waals surface area contributed by atoms with Crippen LogP contribution in [0.2, 0.25) is 0 Å². The van der Waals surface area contributed by atoms with Crippen molar-refractivity contribution in [2.45, 2.75) is 0 Å². The Morgan fingerprint density at radius 1 is 1.09 bits per heavy atom. The van der Waals surface area contributed by atoms with Crippen LogP contribution < -0.4 is 5.43 Å². The maximum absolute atomic E-state index is 12.3. The monoisotopic (exact) mass is 433 g/mol. The molecule has 0 atom stereocenters. The molecule has 32 heavy (non-hydrogen) atoms. The Morgan fingerprint density at radius 2 is 1.91 bits per heavy atom. The van der Waals surface area contributed by atoms with Crippen molar-refractivity contribution in [2.75, 3.05) is 7.11 Å². The van der Waals surface area contributed by atoms with Crippen molar-refractivity contribution >= 4 is 34.7 Å². The van der Waals surface area contributed by atoms with Crippen LogP contribution in [0.3, 0.4) is 0 Å². The fourth-order valence-corrected chi connectivity index (χ4v) is 3.02. The molecule has 0 spiro atoms. The first-order chi connectivity index (χ1) is 15.5. The van der Waals surface area contributed by atoms with Gasteiger partial charge in [-0.05, 0) is 30.3 Å². The van der Waals surface area contributed by atoms with Gasteiger partial charge < -0.3 is 13.6 Å². The highest BCUT2D eigenvalue weighted by Crippen LogP contribution is 2.26. The number of furan rings is 2. The van der Waals surface area contributed by atoms with E-state index in [1.165, 1.54) is 37.6 Å². The third-order valence-electron chi connectivity index (χ3n) is 4.52. The van der Waals surface area contributed by atoms with Crippen molar-refractivity contribution in [3.63, 3.8) is 0 Å². The number of carbonyl (C=O) groups is 2. The highest BCUT2D eigenvalue weighted by atomic mass is 16.6. The second-order valence-corrected chi connectivity index (χ2v) is 6.53. The lowest BCUT2D eigenvalue weighted by molar-refractivity contribution is -0.384. The molecule has 0 unspecified atom stereocenters. The number of esters is 1. The molecule has 4 aromatic rings. The molecule has 0 aliphatic rings. The first-order valence-electron chi connectivity index (χ1n) is 9.25. The van der Waals surface area contributed by atoms with Crippen molar-refractivity contribution in [1.82, 2.24) is 5.43 Å². The first-order valence-corrected chi connectivity index (χ1v) is 9.25. The molecule has 0 saturated heterocycles. The van der Waals surface area contributed by atoms with Crippen LogP contribution in [0.5, 0.6) is 0 Å². The minimum Gasteiger partial charge on any atom is -0.465 e. The van der Waals surface area contributed by atoms with Gasteiger partial charge in [-0.25, -0.2) is 10.2 Å². The van der Waals surface area contributed by atoms with E-state index in [9.17, 15) is 19.7 Å². The van der Waals surface area contributed by atoms with Crippen molar-refractivity contribution in [3.05, 3.63) is 87.9 Å². The average molecular weight is 433 g/mol. The SMILES string of the molecule is COC(=O)c1ccccc1-c1ccc(/C=N\NC(=O)c2cc3cc([N+](=O)[O-])ccc3o2)o1. The fraction of sp³-hybridized carbons (Fsp3) is 0.0455. The quantitative estimate of drug-likeness (QED) is 0.209. The topological polar surface area (TPSA) is 137 Å². The van der Waals surface area contributed by atoms with E-state index in [2.05, 4.69) is 10.5 Å². The Morgan fingerprint density at radius 3 is 2.69 bits per heavy atom. The molecule has 160 valence electrons. The second kappa shape index (κ2) is 8.56. The molecule has 2 aromatic heterocycles. The fourth-order valence-electron chi connectivity index (χ4n) is 3.02. The van der Waals surface area contributed by atoms with Crippen molar-refractivity contribution < 1.29 is 28.1 Å². The van der Waals surface area contributed by atoms with Gasteiger partial charge in [0, 0.05) is 23.1 Å². The molecule has 2 heterocycles. The summed E-state index contributed by atoms with van der Waals surface area (Å²) < 4.78 is 15.9. The third-order valence-corrected chi connectivity index (χ3v) is 4.52. The summed E-state index contributed by atoms with van der Waals surface area (Å²) in [7, 11) is 1.30. The normalized spacial score (nSPS) is 11.0. The molecule has 0 aliphatic heterocycles.